The quantitative estimate of drug-likeness (QED) is 0.831. The summed E-state index contributed by atoms with van der Waals surface area (Å²) in [6.07, 6.45) is 0.928. The van der Waals surface area contributed by atoms with Gasteiger partial charge >= 0.3 is 0 Å². The average Bonchev–Trinajstić information content (AvgIpc) is 2.56. The van der Waals surface area contributed by atoms with Crippen LogP contribution in [0.25, 0.3) is 6.08 Å². The molecule has 2 rings (SSSR count). The number of carbonyl (C=O) groups excluding carboxylic acids is 1. The van der Waals surface area contributed by atoms with Crippen molar-refractivity contribution in [2.24, 2.45) is 0 Å². The van der Waals surface area contributed by atoms with Gasteiger partial charge in [0.25, 0.3) is 0 Å². The molecule has 1 aromatic carbocycles. The molecular formula is C13H10F2O3. The molecule has 0 saturated carbocycles. The minimum atomic E-state index is -1.47. The Morgan fingerprint density at radius 3 is 2.39 bits per heavy atom. The SMILES string of the molecule is O=C1C=C(/C=C/c2ccc(F)cc2F)[C@H](O)[C@H]1O. The second-order valence-electron chi connectivity index (χ2n) is 3.94. The molecule has 0 saturated heterocycles. The summed E-state index contributed by atoms with van der Waals surface area (Å²) in [5.41, 5.74) is 0.314. The van der Waals surface area contributed by atoms with Crippen molar-refractivity contribution < 1.29 is 23.8 Å². The van der Waals surface area contributed by atoms with Crippen molar-refractivity contribution in [3.8, 4) is 0 Å². The first-order chi connectivity index (χ1) is 8.49. The van der Waals surface area contributed by atoms with Gasteiger partial charge in [-0.25, -0.2) is 8.78 Å². The molecule has 1 aromatic rings. The number of aliphatic hydroxyl groups is 2. The van der Waals surface area contributed by atoms with Crippen molar-refractivity contribution in [2.45, 2.75) is 12.2 Å². The van der Waals surface area contributed by atoms with Crippen molar-refractivity contribution in [3.63, 3.8) is 0 Å². The highest BCUT2D eigenvalue weighted by Crippen LogP contribution is 2.20. The molecule has 2 atom stereocenters. The molecule has 1 aliphatic rings. The van der Waals surface area contributed by atoms with Crippen LogP contribution >= 0.6 is 0 Å². The molecule has 94 valence electrons. The summed E-state index contributed by atoms with van der Waals surface area (Å²) in [4.78, 5) is 11.1. The van der Waals surface area contributed by atoms with Crippen LogP contribution in [0.2, 0.25) is 0 Å². The highest BCUT2D eigenvalue weighted by molar-refractivity contribution is 5.98. The summed E-state index contributed by atoms with van der Waals surface area (Å²) in [6, 6.07) is 3.07. The highest BCUT2D eigenvalue weighted by atomic mass is 19.1. The highest BCUT2D eigenvalue weighted by Gasteiger charge is 2.31. The number of hydrogen-bond donors (Lipinski definition) is 2. The number of hydrogen-bond acceptors (Lipinski definition) is 3. The van der Waals surface area contributed by atoms with Gasteiger partial charge in [0.05, 0.1) is 0 Å². The lowest BCUT2D eigenvalue weighted by Gasteiger charge is -2.07. The molecule has 0 aromatic heterocycles. The summed E-state index contributed by atoms with van der Waals surface area (Å²) in [5.74, 6) is -2.02. The van der Waals surface area contributed by atoms with Crippen molar-refractivity contribution in [1.29, 1.82) is 0 Å². The lowest BCUT2D eigenvalue weighted by atomic mass is 10.1. The lowest BCUT2D eigenvalue weighted by Crippen LogP contribution is -2.27. The summed E-state index contributed by atoms with van der Waals surface area (Å²) < 4.78 is 25.9. The molecule has 0 amide bonds. The molecule has 18 heavy (non-hydrogen) atoms. The van der Waals surface area contributed by atoms with Crippen LogP contribution in [0.15, 0.2) is 35.9 Å². The molecule has 1 aliphatic carbocycles. The fourth-order valence-corrected chi connectivity index (χ4v) is 1.64. The van der Waals surface area contributed by atoms with E-state index in [0.29, 0.717) is 0 Å². The Morgan fingerprint density at radius 1 is 1.11 bits per heavy atom. The van der Waals surface area contributed by atoms with Crippen molar-refractivity contribution in [1.82, 2.24) is 0 Å². The minimum Gasteiger partial charge on any atom is -0.385 e. The van der Waals surface area contributed by atoms with E-state index in [1.165, 1.54) is 18.2 Å². The van der Waals surface area contributed by atoms with E-state index in [4.69, 9.17) is 0 Å². The molecule has 0 radical (unpaired) electrons. The Hall–Kier alpha value is -1.85. The third kappa shape index (κ3) is 2.37. The second-order valence-corrected chi connectivity index (χ2v) is 3.94. The fourth-order valence-electron chi connectivity index (χ4n) is 1.64. The first-order valence-corrected chi connectivity index (χ1v) is 5.24. The number of rotatable bonds is 2. The van der Waals surface area contributed by atoms with Gasteiger partial charge in [-0.1, -0.05) is 12.2 Å². The van der Waals surface area contributed by atoms with Crippen molar-refractivity contribution >= 4 is 11.9 Å². The van der Waals surface area contributed by atoms with Gasteiger partial charge in [0.15, 0.2) is 5.78 Å². The van der Waals surface area contributed by atoms with E-state index < -0.39 is 29.6 Å². The van der Waals surface area contributed by atoms with E-state index in [-0.39, 0.29) is 11.1 Å². The normalized spacial score (nSPS) is 23.8. The molecule has 0 bridgehead atoms. The topological polar surface area (TPSA) is 57.5 Å². The van der Waals surface area contributed by atoms with E-state index >= 15 is 0 Å². The largest absolute Gasteiger partial charge is 0.385 e. The van der Waals surface area contributed by atoms with Gasteiger partial charge in [-0.15, -0.1) is 0 Å². The standard InChI is InChI=1S/C13H10F2O3/c14-9-4-3-7(10(15)6-9)1-2-8-5-11(16)13(18)12(8)17/h1-6,12-13,17-18H/b2-1+/t12-,13-/m0/s1. The molecule has 0 spiro atoms. The molecule has 3 nitrogen and oxygen atoms in total. The number of halogens is 2. The summed E-state index contributed by atoms with van der Waals surface area (Å²) in [7, 11) is 0. The predicted octanol–water partition coefficient (Wildman–Crippen LogP) is 1.21. The number of carbonyl (C=O) groups is 1. The van der Waals surface area contributed by atoms with E-state index in [9.17, 15) is 23.8 Å². The van der Waals surface area contributed by atoms with Crippen molar-refractivity contribution in [3.05, 3.63) is 53.1 Å². The van der Waals surface area contributed by atoms with E-state index in [0.717, 1.165) is 18.2 Å². The third-order valence-corrected chi connectivity index (χ3v) is 2.66. The summed E-state index contributed by atoms with van der Waals surface area (Å²) >= 11 is 0. The van der Waals surface area contributed by atoms with Gasteiger partial charge in [0, 0.05) is 11.6 Å². The molecular weight excluding hydrogens is 242 g/mol. The maximum atomic E-state index is 13.3. The van der Waals surface area contributed by atoms with Gasteiger partial charge in [0.1, 0.15) is 23.8 Å². The Labute approximate surface area is 102 Å². The van der Waals surface area contributed by atoms with Crippen LogP contribution < -0.4 is 0 Å². The van der Waals surface area contributed by atoms with Crippen LogP contribution in [0.5, 0.6) is 0 Å². The first kappa shape index (κ1) is 12.6. The second kappa shape index (κ2) is 4.80. The molecule has 0 unspecified atom stereocenters. The van der Waals surface area contributed by atoms with Crippen LogP contribution in [0.3, 0.4) is 0 Å². The summed E-state index contributed by atoms with van der Waals surface area (Å²) in [6.45, 7) is 0. The Morgan fingerprint density at radius 2 is 1.83 bits per heavy atom. The van der Waals surface area contributed by atoms with E-state index in [1.54, 1.807) is 0 Å². The monoisotopic (exact) mass is 252 g/mol. The first-order valence-electron chi connectivity index (χ1n) is 5.24. The van der Waals surface area contributed by atoms with Crippen LogP contribution in [0, 0.1) is 11.6 Å². The van der Waals surface area contributed by atoms with Gasteiger partial charge in [-0.2, -0.15) is 0 Å². The van der Waals surface area contributed by atoms with Gasteiger partial charge in [-0.3, -0.25) is 4.79 Å². The van der Waals surface area contributed by atoms with Gasteiger partial charge < -0.3 is 10.2 Å². The zero-order valence-electron chi connectivity index (χ0n) is 9.18. The van der Waals surface area contributed by atoms with Crippen LogP contribution in [-0.4, -0.2) is 28.2 Å². The average molecular weight is 252 g/mol. The Bertz CT molecular complexity index is 549. The zero-order chi connectivity index (χ0) is 13.3. The molecule has 0 aliphatic heterocycles. The maximum Gasteiger partial charge on any atom is 0.187 e. The smallest absolute Gasteiger partial charge is 0.187 e. The summed E-state index contributed by atoms with van der Waals surface area (Å²) in [5, 5.41) is 18.7. The molecule has 5 heteroatoms. The number of benzene rings is 1. The zero-order valence-corrected chi connectivity index (χ0v) is 9.18. The van der Waals surface area contributed by atoms with Gasteiger partial charge in [0.2, 0.25) is 0 Å². The molecule has 0 fully saturated rings. The lowest BCUT2D eigenvalue weighted by molar-refractivity contribution is -0.124. The van der Waals surface area contributed by atoms with Crippen molar-refractivity contribution in [2.75, 3.05) is 0 Å². The molecule has 2 N–H and O–H groups in total. The predicted molar refractivity (Wildman–Crippen MR) is 60.5 cm³/mol. The Kier molecular flexibility index (Phi) is 3.36. The number of aliphatic hydroxyl groups excluding tert-OH is 2. The molecule has 0 heterocycles. The minimum absolute atomic E-state index is 0.123. The van der Waals surface area contributed by atoms with Crippen LogP contribution in [0.4, 0.5) is 8.78 Å². The number of ketones is 1. The van der Waals surface area contributed by atoms with E-state index in [2.05, 4.69) is 0 Å². The van der Waals surface area contributed by atoms with E-state index in [1.807, 2.05) is 0 Å². The van der Waals surface area contributed by atoms with Crippen LogP contribution in [-0.2, 0) is 4.79 Å². The third-order valence-electron chi connectivity index (χ3n) is 2.66. The van der Waals surface area contributed by atoms with Gasteiger partial charge in [-0.05, 0) is 23.8 Å². The van der Waals surface area contributed by atoms with Crippen LogP contribution in [0.1, 0.15) is 5.56 Å². The fraction of sp³-hybridized carbons (Fsp3) is 0.154. The maximum absolute atomic E-state index is 13.3. The Balaban J connectivity index is 2.22.